The first-order valence-corrected chi connectivity index (χ1v) is 7.90. The van der Waals surface area contributed by atoms with E-state index < -0.39 is 0 Å². The Morgan fingerprint density at radius 1 is 1.47 bits per heavy atom. The van der Waals surface area contributed by atoms with E-state index in [0.717, 1.165) is 42.7 Å². The third kappa shape index (κ3) is 2.72. The first-order chi connectivity index (χ1) is 9.38. The van der Waals surface area contributed by atoms with Gasteiger partial charge in [-0.25, -0.2) is 9.97 Å². The van der Waals surface area contributed by atoms with Gasteiger partial charge in [0.1, 0.15) is 17.0 Å². The van der Waals surface area contributed by atoms with Gasteiger partial charge in [0.15, 0.2) is 0 Å². The fourth-order valence-electron chi connectivity index (χ4n) is 2.80. The molecule has 0 aromatic carbocycles. The number of anilines is 1. The molecule has 2 aromatic heterocycles. The van der Waals surface area contributed by atoms with Crippen LogP contribution in [-0.2, 0) is 0 Å². The highest BCUT2D eigenvalue weighted by Crippen LogP contribution is 2.29. The molecule has 1 aliphatic rings. The molecule has 4 nitrogen and oxygen atoms in total. The average Bonchev–Trinajstić information content (AvgIpc) is 2.93. The average molecular weight is 276 g/mol. The van der Waals surface area contributed by atoms with Crippen LogP contribution in [0.25, 0.3) is 10.2 Å². The fourth-order valence-corrected chi connectivity index (χ4v) is 3.53. The van der Waals surface area contributed by atoms with E-state index in [0.29, 0.717) is 0 Å². The van der Waals surface area contributed by atoms with Crippen molar-refractivity contribution >= 4 is 27.4 Å². The van der Waals surface area contributed by atoms with Gasteiger partial charge in [-0.05, 0) is 43.3 Å². The molecule has 0 amide bonds. The van der Waals surface area contributed by atoms with Gasteiger partial charge < -0.3 is 10.2 Å². The summed E-state index contributed by atoms with van der Waals surface area (Å²) in [6.07, 6.45) is 4.27. The largest absolute Gasteiger partial charge is 0.356 e. The maximum atomic E-state index is 4.52. The zero-order valence-corrected chi connectivity index (χ0v) is 12.1. The zero-order valence-electron chi connectivity index (χ0n) is 11.3. The number of piperidine rings is 1. The van der Waals surface area contributed by atoms with E-state index in [2.05, 4.69) is 38.6 Å². The first-order valence-electron chi connectivity index (χ1n) is 7.02. The molecule has 3 heterocycles. The molecule has 0 saturated carbocycles. The number of nitrogens with one attached hydrogen (secondary N) is 1. The lowest BCUT2D eigenvalue weighted by atomic mass is 9.98. The second-order valence-corrected chi connectivity index (χ2v) is 5.99. The third-order valence-electron chi connectivity index (χ3n) is 3.74. The number of aromatic nitrogens is 2. The summed E-state index contributed by atoms with van der Waals surface area (Å²) in [5.41, 5.74) is 0. The number of nitrogens with zero attached hydrogens (tertiary/aromatic N) is 3. The standard InChI is InChI=1S/C14H20N4S/c1-2-15-8-11-4-3-6-18(9-11)13-12-5-7-19-14(12)17-10-16-13/h5,7,10-11,15H,2-4,6,8-9H2,1H3. The van der Waals surface area contributed by atoms with Crippen LogP contribution in [0.5, 0.6) is 0 Å². The van der Waals surface area contributed by atoms with Crippen LogP contribution in [-0.4, -0.2) is 36.1 Å². The highest BCUT2D eigenvalue weighted by molar-refractivity contribution is 7.16. The second-order valence-electron chi connectivity index (χ2n) is 5.10. The molecule has 1 atom stereocenters. The number of hydrogen-bond donors (Lipinski definition) is 1. The van der Waals surface area contributed by atoms with Gasteiger partial charge in [0.2, 0.25) is 0 Å². The van der Waals surface area contributed by atoms with Crippen LogP contribution >= 0.6 is 11.3 Å². The summed E-state index contributed by atoms with van der Waals surface area (Å²) in [6.45, 7) is 6.56. The molecular weight excluding hydrogens is 256 g/mol. The second kappa shape index (κ2) is 5.84. The van der Waals surface area contributed by atoms with Crippen molar-refractivity contribution in [2.24, 2.45) is 5.92 Å². The minimum Gasteiger partial charge on any atom is -0.356 e. The fraction of sp³-hybridized carbons (Fsp3) is 0.571. The Morgan fingerprint density at radius 2 is 2.42 bits per heavy atom. The molecular formula is C14H20N4S. The van der Waals surface area contributed by atoms with Gasteiger partial charge in [-0.15, -0.1) is 11.3 Å². The van der Waals surface area contributed by atoms with E-state index in [1.54, 1.807) is 17.7 Å². The minimum absolute atomic E-state index is 0.734. The monoisotopic (exact) mass is 276 g/mol. The van der Waals surface area contributed by atoms with Gasteiger partial charge in [-0.1, -0.05) is 6.92 Å². The van der Waals surface area contributed by atoms with Crippen molar-refractivity contribution in [2.75, 3.05) is 31.1 Å². The Balaban J connectivity index is 1.79. The van der Waals surface area contributed by atoms with E-state index in [4.69, 9.17) is 0 Å². The summed E-state index contributed by atoms with van der Waals surface area (Å²) >= 11 is 1.69. The highest BCUT2D eigenvalue weighted by Gasteiger charge is 2.22. The quantitative estimate of drug-likeness (QED) is 0.931. The molecule has 1 unspecified atom stereocenters. The van der Waals surface area contributed by atoms with E-state index in [-0.39, 0.29) is 0 Å². The van der Waals surface area contributed by atoms with E-state index in [1.165, 1.54) is 18.2 Å². The number of thiophene rings is 1. The summed E-state index contributed by atoms with van der Waals surface area (Å²) in [6, 6.07) is 2.14. The Hall–Kier alpha value is -1.20. The van der Waals surface area contributed by atoms with Crippen LogP contribution in [0.4, 0.5) is 5.82 Å². The van der Waals surface area contributed by atoms with Crippen molar-refractivity contribution in [2.45, 2.75) is 19.8 Å². The molecule has 1 saturated heterocycles. The van der Waals surface area contributed by atoms with Crippen LogP contribution in [0.2, 0.25) is 0 Å². The van der Waals surface area contributed by atoms with Crippen molar-refractivity contribution in [1.82, 2.24) is 15.3 Å². The molecule has 0 radical (unpaired) electrons. The normalized spacial score (nSPS) is 20.1. The molecule has 1 fully saturated rings. The lowest BCUT2D eigenvalue weighted by molar-refractivity contribution is 0.394. The number of hydrogen-bond acceptors (Lipinski definition) is 5. The first kappa shape index (κ1) is 12.8. The van der Waals surface area contributed by atoms with E-state index in [1.807, 2.05) is 0 Å². The van der Waals surface area contributed by atoms with Crippen molar-refractivity contribution in [3.8, 4) is 0 Å². The third-order valence-corrected chi connectivity index (χ3v) is 4.56. The Kier molecular flexibility index (Phi) is 3.94. The Labute approximate surface area is 117 Å². The predicted octanol–water partition coefficient (Wildman–Crippen LogP) is 2.52. The molecule has 3 rings (SSSR count). The minimum atomic E-state index is 0.734. The maximum absolute atomic E-state index is 4.52. The van der Waals surface area contributed by atoms with Crippen LogP contribution in [0.3, 0.4) is 0 Å². The van der Waals surface area contributed by atoms with Gasteiger partial charge in [0.25, 0.3) is 0 Å². The van der Waals surface area contributed by atoms with Crippen LogP contribution < -0.4 is 10.2 Å². The SMILES string of the molecule is CCNCC1CCCN(c2ncnc3sccc23)C1. The maximum Gasteiger partial charge on any atom is 0.140 e. The van der Waals surface area contributed by atoms with Crippen molar-refractivity contribution in [1.29, 1.82) is 0 Å². The van der Waals surface area contributed by atoms with Gasteiger partial charge in [-0.2, -0.15) is 0 Å². The predicted molar refractivity (Wildman–Crippen MR) is 80.9 cm³/mol. The molecule has 2 aromatic rings. The van der Waals surface area contributed by atoms with Gasteiger partial charge in [0.05, 0.1) is 5.39 Å². The lowest BCUT2D eigenvalue weighted by Gasteiger charge is -2.34. The van der Waals surface area contributed by atoms with Gasteiger partial charge in [0, 0.05) is 13.1 Å². The van der Waals surface area contributed by atoms with Crippen molar-refractivity contribution in [3.05, 3.63) is 17.8 Å². The summed E-state index contributed by atoms with van der Waals surface area (Å²) in [5.74, 6) is 1.85. The van der Waals surface area contributed by atoms with E-state index in [9.17, 15) is 0 Å². The molecule has 0 aliphatic carbocycles. The lowest BCUT2D eigenvalue weighted by Crippen LogP contribution is -2.40. The van der Waals surface area contributed by atoms with Gasteiger partial charge in [-0.3, -0.25) is 0 Å². The molecule has 0 bridgehead atoms. The summed E-state index contributed by atoms with van der Waals surface area (Å²) < 4.78 is 0. The van der Waals surface area contributed by atoms with Crippen LogP contribution in [0, 0.1) is 5.92 Å². The van der Waals surface area contributed by atoms with Gasteiger partial charge >= 0.3 is 0 Å². The van der Waals surface area contributed by atoms with E-state index >= 15 is 0 Å². The Bertz CT molecular complexity index is 539. The molecule has 1 N–H and O–H groups in total. The molecule has 0 spiro atoms. The smallest absolute Gasteiger partial charge is 0.140 e. The Morgan fingerprint density at radius 3 is 3.32 bits per heavy atom. The van der Waals surface area contributed by atoms with Crippen LogP contribution in [0.15, 0.2) is 17.8 Å². The summed E-state index contributed by atoms with van der Waals surface area (Å²) in [4.78, 5) is 12.4. The topological polar surface area (TPSA) is 41.0 Å². The molecule has 102 valence electrons. The molecule has 19 heavy (non-hydrogen) atoms. The summed E-state index contributed by atoms with van der Waals surface area (Å²) in [5, 5.41) is 6.77. The molecule has 5 heteroatoms. The zero-order chi connectivity index (χ0) is 13.1. The molecule has 1 aliphatic heterocycles. The van der Waals surface area contributed by atoms with Crippen molar-refractivity contribution < 1.29 is 0 Å². The van der Waals surface area contributed by atoms with Crippen molar-refractivity contribution in [3.63, 3.8) is 0 Å². The number of rotatable bonds is 4. The highest BCUT2D eigenvalue weighted by atomic mass is 32.1. The number of fused-ring (bicyclic) bond motifs is 1. The van der Waals surface area contributed by atoms with Crippen LogP contribution in [0.1, 0.15) is 19.8 Å². The summed E-state index contributed by atoms with van der Waals surface area (Å²) in [7, 11) is 0.